The molecular formula is C16H21BrClN3OS. The molecule has 1 aromatic heterocycles. The molecule has 1 amide bonds. The van der Waals surface area contributed by atoms with Gasteiger partial charge in [-0.3, -0.25) is 4.79 Å². The Balaban J connectivity index is 0.00000264. The number of hydrogen-bond donors (Lipinski definition) is 2. The predicted molar refractivity (Wildman–Crippen MR) is 102 cm³/mol. The Labute approximate surface area is 155 Å². The molecular weight excluding hydrogens is 398 g/mol. The van der Waals surface area contributed by atoms with Gasteiger partial charge in [0, 0.05) is 22.5 Å². The van der Waals surface area contributed by atoms with E-state index >= 15 is 0 Å². The first-order chi connectivity index (χ1) is 10.4. The van der Waals surface area contributed by atoms with Crippen molar-refractivity contribution >= 4 is 45.6 Å². The first-order valence-corrected chi connectivity index (χ1v) is 8.76. The lowest BCUT2D eigenvalue weighted by molar-refractivity contribution is -0.121. The third-order valence-corrected chi connectivity index (χ3v) is 5.28. The molecule has 7 heteroatoms. The highest BCUT2D eigenvalue weighted by Gasteiger charge is 2.18. The number of thiazole rings is 1. The zero-order valence-electron chi connectivity index (χ0n) is 13.3. The first-order valence-electron chi connectivity index (χ1n) is 7.15. The van der Waals surface area contributed by atoms with Crippen molar-refractivity contribution in [2.75, 3.05) is 0 Å². The Hall–Kier alpha value is -0.950. The zero-order chi connectivity index (χ0) is 16.3. The van der Waals surface area contributed by atoms with E-state index in [1.165, 1.54) is 0 Å². The van der Waals surface area contributed by atoms with Gasteiger partial charge in [0.1, 0.15) is 5.01 Å². The molecule has 0 aliphatic carbocycles. The monoisotopic (exact) mass is 417 g/mol. The number of carbonyl (C=O) groups excluding carboxylic acids is 1. The smallest absolute Gasteiger partial charge is 0.222 e. The summed E-state index contributed by atoms with van der Waals surface area (Å²) < 4.78 is 1.02. The standard InChI is InChI=1S/C16H20BrN3OS.ClH/c1-9(18)8-14(21)19-10(2)15-11(3)20-16(22-15)12-6-4-5-7-13(12)17;/h4-7,9-10H,8,18H2,1-3H3,(H,19,21);1H. The molecule has 0 spiro atoms. The first kappa shape index (κ1) is 20.1. The zero-order valence-corrected chi connectivity index (χ0v) is 16.5. The molecule has 126 valence electrons. The summed E-state index contributed by atoms with van der Waals surface area (Å²) in [5.41, 5.74) is 7.67. The fourth-order valence-electron chi connectivity index (χ4n) is 2.22. The highest BCUT2D eigenvalue weighted by Crippen LogP contribution is 2.35. The Morgan fingerprint density at radius 3 is 2.65 bits per heavy atom. The number of halogens is 2. The quantitative estimate of drug-likeness (QED) is 0.764. The number of aromatic nitrogens is 1. The minimum Gasteiger partial charge on any atom is -0.349 e. The number of aryl methyl sites for hydroxylation is 1. The maximum Gasteiger partial charge on any atom is 0.222 e. The van der Waals surface area contributed by atoms with Gasteiger partial charge in [-0.05, 0) is 26.8 Å². The normalized spacial score (nSPS) is 13.1. The van der Waals surface area contributed by atoms with Crippen LogP contribution in [0.2, 0.25) is 0 Å². The highest BCUT2D eigenvalue weighted by atomic mass is 79.9. The fraction of sp³-hybridized carbons (Fsp3) is 0.375. The maximum atomic E-state index is 11.9. The Kier molecular flexibility index (Phi) is 7.67. The average Bonchev–Trinajstić information content (AvgIpc) is 2.80. The molecule has 2 atom stereocenters. The Bertz CT molecular complexity index is 675. The van der Waals surface area contributed by atoms with Crippen LogP contribution < -0.4 is 11.1 Å². The van der Waals surface area contributed by atoms with Crippen molar-refractivity contribution in [2.45, 2.75) is 39.3 Å². The molecule has 0 radical (unpaired) electrons. The van der Waals surface area contributed by atoms with Crippen LogP contribution >= 0.6 is 39.7 Å². The molecule has 0 aliphatic rings. The number of nitrogens with two attached hydrogens (primary N) is 1. The summed E-state index contributed by atoms with van der Waals surface area (Å²) in [6.45, 7) is 5.77. The average molecular weight is 419 g/mol. The fourth-order valence-corrected chi connectivity index (χ4v) is 3.93. The number of nitrogens with zero attached hydrogens (tertiary/aromatic N) is 1. The third kappa shape index (κ3) is 5.28. The minimum atomic E-state index is -0.134. The molecule has 0 bridgehead atoms. The van der Waals surface area contributed by atoms with E-state index in [1.54, 1.807) is 11.3 Å². The summed E-state index contributed by atoms with van der Waals surface area (Å²) >= 11 is 5.16. The van der Waals surface area contributed by atoms with Crippen LogP contribution in [-0.4, -0.2) is 16.9 Å². The Morgan fingerprint density at radius 2 is 2.04 bits per heavy atom. The largest absolute Gasteiger partial charge is 0.349 e. The molecule has 0 saturated carbocycles. The van der Waals surface area contributed by atoms with Crippen LogP contribution in [0.3, 0.4) is 0 Å². The van der Waals surface area contributed by atoms with Gasteiger partial charge in [0.05, 0.1) is 16.6 Å². The van der Waals surface area contributed by atoms with Gasteiger partial charge >= 0.3 is 0 Å². The molecule has 3 N–H and O–H groups in total. The summed E-state index contributed by atoms with van der Waals surface area (Å²) in [5, 5.41) is 3.94. The molecule has 1 heterocycles. The van der Waals surface area contributed by atoms with Crippen LogP contribution in [-0.2, 0) is 4.79 Å². The van der Waals surface area contributed by atoms with E-state index in [2.05, 4.69) is 26.2 Å². The number of amides is 1. The van der Waals surface area contributed by atoms with E-state index in [9.17, 15) is 4.79 Å². The summed E-state index contributed by atoms with van der Waals surface area (Å²) in [6, 6.07) is 7.80. The van der Waals surface area contributed by atoms with Crippen molar-refractivity contribution in [3.63, 3.8) is 0 Å². The highest BCUT2D eigenvalue weighted by molar-refractivity contribution is 9.10. The summed E-state index contributed by atoms with van der Waals surface area (Å²) in [4.78, 5) is 17.6. The Morgan fingerprint density at radius 1 is 1.39 bits per heavy atom. The van der Waals surface area contributed by atoms with Crippen molar-refractivity contribution in [1.82, 2.24) is 10.3 Å². The maximum absolute atomic E-state index is 11.9. The number of carbonyl (C=O) groups is 1. The molecule has 0 aliphatic heterocycles. The molecule has 2 unspecified atom stereocenters. The van der Waals surface area contributed by atoms with Crippen molar-refractivity contribution in [2.24, 2.45) is 5.73 Å². The SMILES string of the molecule is Cc1nc(-c2ccccc2Br)sc1C(C)NC(=O)CC(C)N.Cl. The van der Waals surface area contributed by atoms with Crippen molar-refractivity contribution in [1.29, 1.82) is 0 Å². The molecule has 0 fully saturated rings. The van der Waals surface area contributed by atoms with Gasteiger partial charge in [-0.15, -0.1) is 23.7 Å². The van der Waals surface area contributed by atoms with E-state index in [-0.39, 0.29) is 30.4 Å². The van der Waals surface area contributed by atoms with Gasteiger partial charge in [-0.1, -0.05) is 34.1 Å². The lowest BCUT2D eigenvalue weighted by Gasteiger charge is -2.13. The number of rotatable bonds is 5. The number of nitrogens with one attached hydrogen (secondary N) is 1. The van der Waals surface area contributed by atoms with E-state index in [0.29, 0.717) is 6.42 Å². The topological polar surface area (TPSA) is 68.0 Å². The van der Waals surface area contributed by atoms with E-state index in [0.717, 1.165) is 25.6 Å². The van der Waals surface area contributed by atoms with Gasteiger partial charge in [0.25, 0.3) is 0 Å². The van der Waals surface area contributed by atoms with Crippen LogP contribution in [0, 0.1) is 6.92 Å². The van der Waals surface area contributed by atoms with Gasteiger partial charge < -0.3 is 11.1 Å². The lowest BCUT2D eigenvalue weighted by Crippen LogP contribution is -2.31. The molecule has 2 aromatic rings. The van der Waals surface area contributed by atoms with Crippen LogP contribution in [0.5, 0.6) is 0 Å². The van der Waals surface area contributed by atoms with Gasteiger partial charge in [0.2, 0.25) is 5.91 Å². The minimum absolute atomic E-state index is 0. The molecule has 0 saturated heterocycles. The molecule has 4 nitrogen and oxygen atoms in total. The molecule has 2 rings (SSSR count). The van der Waals surface area contributed by atoms with Gasteiger partial charge in [0.15, 0.2) is 0 Å². The number of benzene rings is 1. The summed E-state index contributed by atoms with van der Waals surface area (Å²) in [7, 11) is 0. The van der Waals surface area contributed by atoms with Gasteiger partial charge in [-0.25, -0.2) is 4.98 Å². The molecule has 23 heavy (non-hydrogen) atoms. The van der Waals surface area contributed by atoms with Crippen molar-refractivity contribution < 1.29 is 4.79 Å². The molecule has 1 aromatic carbocycles. The van der Waals surface area contributed by atoms with E-state index in [4.69, 9.17) is 5.73 Å². The van der Waals surface area contributed by atoms with Crippen molar-refractivity contribution in [3.8, 4) is 10.6 Å². The summed E-state index contributed by atoms with van der Waals surface area (Å²) in [5.74, 6) is -0.0299. The second-order valence-electron chi connectivity index (χ2n) is 5.42. The predicted octanol–water partition coefficient (Wildman–Crippen LogP) is 4.22. The second-order valence-corrected chi connectivity index (χ2v) is 7.30. The lowest BCUT2D eigenvalue weighted by atomic mass is 10.2. The van der Waals surface area contributed by atoms with Crippen molar-refractivity contribution in [3.05, 3.63) is 39.3 Å². The van der Waals surface area contributed by atoms with Crippen LogP contribution in [0.25, 0.3) is 10.6 Å². The van der Waals surface area contributed by atoms with Crippen LogP contribution in [0.4, 0.5) is 0 Å². The van der Waals surface area contributed by atoms with Crippen LogP contribution in [0.15, 0.2) is 28.7 Å². The summed E-state index contributed by atoms with van der Waals surface area (Å²) in [6.07, 6.45) is 0.333. The van der Waals surface area contributed by atoms with Gasteiger partial charge in [-0.2, -0.15) is 0 Å². The van der Waals surface area contributed by atoms with E-state index < -0.39 is 0 Å². The second kappa shape index (κ2) is 8.78. The van der Waals surface area contributed by atoms with Crippen LogP contribution in [0.1, 0.15) is 36.9 Å². The van der Waals surface area contributed by atoms with E-state index in [1.807, 2.05) is 45.0 Å². The number of hydrogen-bond acceptors (Lipinski definition) is 4. The third-order valence-electron chi connectivity index (χ3n) is 3.21.